The van der Waals surface area contributed by atoms with E-state index in [0.717, 1.165) is 18.4 Å². The van der Waals surface area contributed by atoms with Crippen LogP contribution in [-0.4, -0.2) is 27.9 Å². The second-order valence-electron chi connectivity index (χ2n) is 7.02. The Morgan fingerprint density at radius 2 is 1.93 bits per heavy atom. The first-order chi connectivity index (χ1) is 14.1. The van der Waals surface area contributed by atoms with E-state index in [4.69, 9.17) is 0 Å². The highest BCUT2D eigenvalue weighted by atomic mass is 19.1. The zero-order valence-electron chi connectivity index (χ0n) is 15.8. The number of halogens is 1. The Balaban J connectivity index is 1.37. The fraction of sp³-hybridized carbons (Fsp3) is 0.227. The fourth-order valence-corrected chi connectivity index (χ4v) is 3.42. The van der Waals surface area contributed by atoms with Gasteiger partial charge in [-0.15, -0.1) is 0 Å². The third-order valence-electron chi connectivity index (χ3n) is 4.94. The van der Waals surface area contributed by atoms with E-state index in [1.165, 1.54) is 17.7 Å². The number of carbonyl (C=O) groups excluding carboxylic acids is 2. The molecular weight excluding hydrogens is 371 g/mol. The number of hydrogen-bond acceptors (Lipinski definition) is 3. The lowest BCUT2D eigenvalue weighted by Gasteiger charge is -2.25. The molecule has 2 amide bonds. The zero-order valence-corrected chi connectivity index (χ0v) is 15.8. The van der Waals surface area contributed by atoms with Crippen LogP contribution in [0.3, 0.4) is 0 Å². The van der Waals surface area contributed by atoms with E-state index in [0.29, 0.717) is 13.1 Å². The highest BCUT2D eigenvalue weighted by molar-refractivity contribution is 5.96. The van der Waals surface area contributed by atoms with Crippen LogP contribution < -0.4 is 10.6 Å². The first-order valence-corrected chi connectivity index (χ1v) is 9.56. The van der Waals surface area contributed by atoms with Crippen molar-refractivity contribution in [3.63, 3.8) is 0 Å². The quantitative estimate of drug-likeness (QED) is 0.634. The van der Waals surface area contributed by atoms with Gasteiger partial charge in [0, 0.05) is 19.3 Å². The van der Waals surface area contributed by atoms with E-state index in [-0.39, 0.29) is 35.2 Å². The summed E-state index contributed by atoms with van der Waals surface area (Å²) in [7, 11) is 0. The molecule has 0 spiro atoms. The summed E-state index contributed by atoms with van der Waals surface area (Å²) in [6.45, 7) is 0.960. The van der Waals surface area contributed by atoms with Crippen molar-refractivity contribution in [3.8, 4) is 0 Å². The van der Waals surface area contributed by atoms with Gasteiger partial charge >= 0.3 is 0 Å². The molecule has 1 aliphatic rings. The van der Waals surface area contributed by atoms with Gasteiger partial charge < -0.3 is 15.2 Å². The van der Waals surface area contributed by atoms with Gasteiger partial charge in [-0.25, -0.2) is 9.37 Å². The normalized spacial score (nSPS) is 15.5. The number of carbonyl (C=O) groups is 2. The third kappa shape index (κ3) is 4.34. The molecule has 1 aliphatic heterocycles. The molecule has 4 rings (SSSR count). The number of aryl methyl sites for hydroxylation is 1. The summed E-state index contributed by atoms with van der Waals surface area (Å²) in [5, 5.41) is 5.71. The van der Waals surface area contributed by atoms with E-state index in [2.05, 4.69) is 27.8 Å². The molecule has 7 heteroatoms. The van der Waals surface area contributed by atoms with E-state index >= 15 is 0 Å². The van der Waals surface area contributed by atoms with Crippen molar-refractivity contribution in [1.29, 1.82) is 0 Å². The molecule has 2 N–H and O–H groups in total. The summed E-state index contributed by atoms with van der Waals surface area (Å²) < 4.78 is 14.8. The van der Waals surface area contributed by atoms with E-state index < -0.39 is 0 Å². The van der Waals surface area contributed by atoms with Gasteiger partial charge in [-0.05, 0) is 36.1 Å². The average Bonchev–Trinajstić information content (AvgIpc) is 3.17. The van der Waals surface area contributed by atoms with Crippen LogP contribution in [0.15, 0.2) is 60.8 Å². The molecule has 2 aromatic carbocycles. The number of aromatic nitrogens is 2. The number of rotatable bonds is 6. The minimum absolute atomic E-state index is 0.206. The van der Waals surface area contributed by atoms with Gasteiger partial charge in [0.25, 0.3) is 11.8 Å². The highest BCUT2D eigenvalue weighted by Gasteiger charge is 2.28. The molecular formula is C22H21FN4O2. The van der Waals surface area contributed by atoms with E-state index in [1.54, 1.807) is 22.9 Å². The van der Waals surface area contributed by atoms with Gasteiger partial charge in [0.2, 0.25) is 0 Å². The van der Waals surface area contributed by atoms with Gasteiger partial charge in [-0.1, -0.05) is 42.5 Å². The van der Waals surface area contributed by atoms with E-state index in [1.807, 2.05) is 18.2 Å². The van der Waals surface area contributed by atoms with Crippen LogP contribution in [0.1, 0.15) is 44.7 Å². The Labute approximate surface area is 167 Å². The third-order valence-corrected chi connectivity index (χ3v) is 4.94. The summed E-state index contributed by atoms with van der Waals surface area (Å²) in [4.78, 5) is 29.0. The Morgan fingerprint density at radius 3 is 2.69 bits per heavy atom. The van der Waals surface area contributed by atoms with Crippen molar-refractivity contribution in [2.75, 3.05) is 6.54 Å². The molecule has 0 aliphatic carbocycles. The predicted molar refractivity (Wildman–Crippen MR) is 106 cm³/mol. The molecule has 0 radical (unpaired) electrons. The molecule has 29 heavy (non-hydrogen) atoms. The lowest BCUT2D eigenvalue weighted by Crippen LogP contribution is -2.38. The van der Waals surface area contributed by atoms with Crippen molar-refractivity contribution < 1.29 is 14.0 Å². The smallest absolute Gasteiger partial charge is 0.287 e. The molecule has 148 valence electrons. The number of benzene rings is 2. The average molecular weight is 392 g/mol. The van der Waals surface area contributed by atoms with Crippen LogP contribution in [0.25, 0.3) is 0 Å². The highest BCUT2D eigenvalue weighted by Crippen LogP contribution is 2.21. The fourth-order valence-electron chi connectivity index (χ4n) is 3.42. The monoisotopic (exact) mass is 392 g/mol. The van der Waals surface area contributed by atoms with Crippen LogP contribution >= 0.6 is 0 Å². The zero-order chi connectivity index (χ0) is 20.2. The Hall–Kier alpha value is -3.48. The number of amides is 2. The van der Waals surface area contributed by atoms with Gasteiger partial charge in [0.1, 0.15) is 11.5 Å². The van der Waals surface area contributed by atoms with Crippen molar-refractivity contribution in [2.45, 2.75) is 25.4 Å². The number of nitrogens with one attached hydrogen (secondary N) is 2. The largest absolute Gasteiger partial charge is 0.351 e. The van der Waals surface area contributed by atoms with Gasteiger partial charge in [-0.3, -0.25) is 9.59 Å². The lowest BCUT2D eigenvalue weighted by molar-refractivity contribution is 0.0894. The van der Waals surface area contributed by atoms with Crippen LogP contribution in [-0.2, 0) is 13.0 Å². The number of fused-ring (bicyclic) bond motifs is 1. The number of imidazole rings is 1. The minimum Gasteiger partial charge on any atom is -0.351 e. The maximum absolute atomic E-state index is 13.1. The number of nitrogens with zero attached hydrogens (tertiary/aromatic N) is 2. The maximum Gasteiger partial charge on any atom is 0.287 e. The summed E-state index contributed by atoms with van der Waals surface area (Å²) in [5.74, 6) is -0.775. The van der Waals surface area contributed by atoms with Crippen molar-refractivity contribution in [2.24, 2.45) is 0 Å². The topological polar surface area (TPSA) is 76.0 Å². The predicted octanol–water partition coefficient (Wildman–Crippen LogP) is 2.87. The Kier molecular flexibility index (Phi) is 5.37. The van der Waals surface area contributed by atoms with Crippen LogP contribution in [0.5, 0.6) is 0 Å². The van der Waals surface area contributed by atoms with Crippen molar-refractivity contribution in [3.05, 3.63) is 89.3 Å². The second kappa shape index (κ2) is 8.26. The van der Waals surface area contributed by atoms with Gasteiger partial charge in [0.15, 0.2) is 5.82 Å². The molecule has 0 saturated carbocycles. The molecule has 0 saturated heterocycles. The molecule has 0 bridgehead atoms. The molecule has 6 nitrogen and oxygen atoms in total. The minimum atomic E-state index is -0.353. The van der Waals surface area contributed by atoms with Gasteiger partial charge in [-0.2, -0.15) is 0 Å². The van der Waals surface area contributed by atoms with Crippen LogP contribution in [0.2, 0.25) is 0 Å². The molecule has 2 heterocycles. The van der Waals surface area contributed by atoms with Crippen molar-refractivity contribution >= 4 is 11.8 Å². The maximum atomic E-state index is 13.1. The molecule has 1 atom stereocenters. The molecule has 0 fully saturated rings. The lowest BCUT2D eigenvalue weighted by atomic mass is 10.1. The van der Waals surface area contributed by atoms with Gasteiger partial charge in [0.05, 0.1) is 6.04 Å². The summed E-state index contributed by atoms with van der Waals surface area (Å²) in [6, 6.07) is 15.8. The first kappa shape index (κ1) is 18.9. The van der Waals surface area contributed by atoms with E-state index in [9.17, 15) is 14.0 Å². The van der Waals surface area contributed by atoms with Crippen LogP contribution in [0.4, 0.5) is 4.39 Å². The Bertz CT molecular complexity index is 1020. The number of hydrogen-bond donors (Lipinski definition) is 2. The molecule has 3 aromatic rings. The van der Waals surface area contributed by atoms with Crippen molar-refractivity contribution in [1.82, 2.24) is 20.2 Å². The summed E-state index contributed by atoms with van der Waals surface area (Å²) in [5.41, 5.74) is 2.24. The molecule has 1 unspecified atom stereocenters. The second-order valence-corrected chi connectivity index (χ2v) is 7.02. The Morgan fingerprint density at radius 1 is 1.17 bits per heavy atom. The van der Waals surface area contributed by atoms with Crippen LogP contribution in [0, 0.1) is 5.82 Å². The summed E-state index contributed by atoms with van der Waals surface area (Å²) in [6.07, 6.45) is 3.29. The SMILES string of the molecule is O=C(NCCCc1ccccc1)c1cn2c(n1)C(=O)NC(c1ccc(F)cc1)C2. The molecule has 1 aromatic heterocycles. The standard InChI is InChI=1S/C22H21FN4O2/c23-17-10-8-16(9-11-17)18-13-27-14-19(25-20(27)22(29)26-18)21(28)24-12-4-7-15-5-2-1-3-6-15/h1-3,5-6,8-11,14,18H,4,7,12-13H2,(H,24,28)(H,26,29). The first-order valence-electron chi connectivity index (χ1n) is 9.56. The summed E-state index contributed by atoms with van der Waals surface area (Å²) >= 11 is 0.